The molecule has 0 amide bonds. The van der Waals surface area contributed by atoms with E-state index in [-0.39, 0.29) is 5.92 Å². The minimum absolute atomic E-state index is 0.228. The highest BCUT2D eigenvalue weighted by atomic mass is 32.2. The maximum absolute atomic E-state index is 13.3. The molecule has 0 N–H and O–H groups in total. The highest BCUT2D eigenvalue weighted by molar-refractivity contribution is 7.89. The second-order valence-corrected chi connectivity index (χ2v) is 10.1. The minimum atomic E-state index is -3.63. The summed E-state index contributed by atoms with van der Waals surface area (Å²) in [7, 11) is 3.86. The summed E-state index contributed by atoms with van der Waals surface area (Å²) in [6, 6.07) is 11.3. The van der Waals surface area contributed by atoms with Gasteiger partial charge < -0.3 is 4.90 Å². The summed E-state index contributed by atoms with van der Waals surface area (Å²) in [5, 5.41) is 6.52. The number of nitrogens with zero attached hydrogens (tertiary/aromatic N) is 4. The van der Waals surface area contributed by atoms with E-state index in [0.717, 1.165) is 33.4 Å². The number of hydrogen-bond donors (Lipinski definition) is 0. The van der Waals surface area contributed by atoms with Crippen molar-refractivity contribution in [1.29, 1.82) is 0 Å². The van der Waals surface area contributed by atoms with Crippen LogP contribution in [0.25, 0.3) is 10.8 Å². The Labute approximate surface area is 173 Å². The van der Waals surface area contributed by atoms with Gasteiger partial charge in [-0.3, -0.25) is 4.68 Å². The van der Waals surface area contributed by atoms with E-state index in [0.29, 0.717) is 11.4 Å². The Morgan fingerprint density at radius 2 is 1.79 bits per heavy atom. The number of hydrogen-bond acceptors (Lipinski definition) is 4. The quantitative estimate of drug-likeness (QED) is 0.614. The van der Waals surface area contributed by atoms with Crippen LogP contribution in [0.2, 0.25) is 0 Å². The summed E-state index contributed by atoms with van der Waals surface area (Å²) < 4.78 is 29.8. The normalized spacial score (nSPS) is 12.3. The SMILES string of the molecule is Cc1c(CN(C)S(=O)(=O)c2ccc3c(N(C)C)cccc3c2)c(C(C)C)nn1C. The van der Waals surface area contributed by atoms with Gasteiger partial charge in [-0.05, 0) is 36.4 Å². The summed E-state index contributed by atoms with van der Waals surface area (Å²) in [5.41, 5.74) is 3.97. The molecule has 2 aromatic carbocycles. The van der Waals surface area contributed by atoms with Gasteiger partial charge in [-0.1, -0.05) is 32.0 Å². The maximum atomic E-state index is 13.3. The number of sulfonamides is 1. The average Bonchev–Trinajstić information content (AvgIpc) is 2.95. The Bertz CT molecular complexity index is 1150. The van der Waals surface area contributed by atoms with Crippen LogP contribution in [-0.4, -0.2) is 43.6 Å². The second kappa shape index (κ2) is 7.80. The first-order chi connectivity index (χ1) is 13.5. The van der Waals surface area contributed by atoms with Gasteiger partial charge in [-0.15, -0.1) is 0 Å². The van der Waals surface area contributed by atoms with Gasteiger partial charge in [0, 0.05) is 57.1 Å². The third-order valence-electron chi connectivity index (χ3n) is 5.44. The van der Waals surface area contributed by atoms with Crippen LogP contribution in [0.3, 0.4) is 0 Å². The Hall–Kier alpha value is -2.38. The fraction of sp³-hybridized carbons (Fsp3) is 0.409. The first-order valence-electron chi connectivity index (χ1n) is 9.72. The Balaban J connectivity index is 1.99. The molecule has 156 valence electrons. The smallest absolute Gasteiger partial charge is 0.243 e. The van der Waals surface area contributed by atoms with E-state index in [2.05, 4.69) is 18.9 Å². The van der Waals surface area contributed by atoms with Crippen molar-refractivity contribution in [3.63, 3.8) is 0 Å². The molecule has 0 fully saturated rings. The molecule has 3 rings (SSSR count). The minimum Gasteiger partial charge on any atom is -0.377 e. The molecule has 0 aliphatic carbocycles. The zero-order chi connectivity index (χ0) is 21.5. The molecule has 0 aliphatic rings. The Morgan fingerprint density at radius 3 is 2.41 bits per heavy atom. The van der Waals surface area contributed by atoms with Crippen LogP contribution < -0.4 is 4.90 Å². The van der Waals surface area contributed by atoms with Crippen LogP contribution in [0.1, 0.15) is 36.7 Å². The zero-order valence-electron chi connectivity index (χ0n) is 18.3. The molecule has 0 aliphatic heterocycles. The lowest BCUT2D eigenvalue weighted by Crippen LogP contribution is -2.27. The van der Waals surface area contributed by atoms with Crippen molar-refractivity contribution < 1.29 is 8.42 Å². The average molecular weight is 415 g/mol. The monoisotopic (exact) mass is 414 g/mol. The molecule has 0 radical (unpaired) electrons. The van der Waals surface area contributed by atoms with Crippen LogP contribution in [0.15, 0.2) is 41.3 Å². The predicted octanol–water partition coefficient (Wildman–Crippen LogP) is 3.89. The maximum Gasteiger partial charge on any atom is 0.243 e. The van der Waals surface area contributed by atoms with Gasteiger partial charge in [0.05, 0.1) is 10.6 Å². The van der Waals surface area contributed by atoms with Crippen LogP contribution in [0.4, 0.5) is 5.69 Å². The third-order valence-corrected chi connectivity index (χ3v) is 7.23. The van der Waals surface area contributed by atoms with E-state index >= 15 is 0 Å². The van der Waals surface area contributed by atoms with Gasteiger partial charge in [0.25, 0.3) is 0 Å². The van der Waals surface area contributed by atoms with Crippen molar-refractivity contribution in [2.75, 3.05) is 26.0 Å². The molecular weight excluding hydrogens is 384 g/mol. The molecule has 0 saturated carbocycles. The van der Waals surface area contributed by atoms with Gasteiger partial charge >= 0.3 is 0 Å². The molecule has 0 saturated heterocycles. The number of benzene rings is 2. The summed E-state index contributed by atoms with van der Waals surface area (Å²) in [6.07, 6.45) is 0. The number of fused-ring (bicyclic) bond motifs is 1. The zero-order valence-corrected chi connectivity index (χ0v) is 19.1. The lowest BCUT2D eigenvalue weighted by atomic mass is 10.0. The van der Waals surface area contributed by atoms with Crippen molar-refractivity contribution >= 4 is 26.5 Å². The van der Waals surface area contributed by atoms with Crippen LogP contribution in [0.5, 0.6) is 0 Å². The molecular formula is C22H30N4O2S. The van der Waals surface area contributed by atoms with Gasteiger partial charge in [-0.25, -0.2) is 8.42 Å². The molecule has 0 unspecified atom stereocenters. The largest absolute Gasteiger partial charge is 0.377 e. The van der Waals surface area contributed by atoms with E-state index in [1.165, 1.54) is 4.31 Å². The van der Waals surface area contributed by atoms with E-state index in [4.69, 9.17) is 0 Å². The highest BCUT2D eigenvalue weighted by Gasteiger charge is 2.25. The fourth-order valence-electron chi connectivity index (χ4n) is 3.62. The highest BCUT2D eigenvalue weighted by Crippen LogP contribution is 2.29. The van der Waals surface area contributed by atoms with Crippen molar-refractivity contribution in [3.8, 4) is 0 Å². The molecule has 29 heavy (non-hydrogen) atoms. The lowest BCUT2D eigenvalue weighted by Gasteiger charge is -2.20. The van der Waals surface area contributed by atoms with Gasteiger partial charge in [0.15, 0.2) is 0 Å². The van der Waals surface area contributed by atoms with Gasteiger partial charge in [0.1, 0.15) is 0 Å². The van der Waals surface area contributed by atoms with Crippen LogP contribution >= 0.6 is 0 Å². The standard InChI is InChI=1S/C22H30N4O2S/c1-15(2)22-20(16(3)26(7)23-22)14-25(6)29(27,28)18-11-12-19-17(13-18)9-8-10-21(19)24(4)5/h8-13,15H,14H2,1-7H3. The Morgan fingerprint density at radius 1 is 1.10 bits per heavy atom. The third kappa shape index (κ3) is 3.89. The van der Waals surface area contributed by atoms with E-state index in [9.17, 15) is 8.42 Å². The summed E-state index contributed by atoms with van der Waals surface area (Å²) >= 11 is 0. The number of aromatic nitrogens is 2. The summed E-state index contributed by atoms with van der Waals surface area (Å²) in [5.74, 6) is 0.228. The molecule has 1 heterocycles. The number of aryl methyl sites for hydroxylation is 1. The summed E-state index contributed by atoms with van der Waals surface area (Å²) in [6.45, 7) is 6.43. The lowest BCUT2D eigenvalue weighted by molar-refractivity contribution is 0.464. The topological polar surface area (TPSA) is 58.4 Å². The summed E-state index contributed by atoms with van der Waals surface area (Å²) in [4.78, 5) is 2.33. The molecule has 0 bridgehead atoms. The molecule has 0 spiro atoms. The van der Waals surface area contributed by atoms with E-state index in [1.54, 1.807) is 19.2 Å². The fourth-order valence-corrected chi connectivity index (χ4v) is 4.79. The van der Waals surface area contributed by atoms with E-state index in [1.807, 2.05) is 61.9 Å². The Kier molecular flexibility index (Phi) is 5.74. The second-order valence-electron chi connectivity index (χ2n) is 8.04. The predicted molar refractivity (Wildman–Crippen MR) is 119 cm³/mol. The molecule has 6 nitrogen and oxygen atoms in total. The van der Waals surface area contributed by atoms with Crippen molar-refractivity contribution in [3.05, 3.63) is 53.3 Å². The van der Waals surface area contributed by atoms with Crippen LogP contribution in [0, 0.1) is 6.92 Å². The molecule has 3 aromatic rings. The molecule has 7 heteroatoms. The van der Waals surface area contributed by atoms with Gasteiger partial charge in [-0.2, -0.15) is 9.40 Å². The molecule has 0 atom stereocenters. The van der Waals surface area contributed by atoms with Crippen molar-refractivity contribution in [1.82, 2.24) is 14.1 Å². The van der Waals surface area contributed by atoms with Crippen molar-refractivity contribution in [2.45, 2.75) is 38.1 Å². The number of rotatable bonds is 6. The van der Waals surface area contributed by atoms with Gasteiger partial charge in [0.2, 0.25) is 10.0 Å². The van der Waals surface area contributed by atoms with E-state index < -0.39 is 10.0 Å². The number of anilines is 1. The van der Waals surface area contributed by atoms with Crippen molar-refractivity contribution in [2.24, 2.45) is 7.05 Å². The van der Waals surface area contributed by atoms with Crippen LogP contribution in [-0.2, 0) is 23.6 Å². The molecule has 1 aromatic heterocycles. The first-order valence-corrected chi connectivity index (χ1v) is 11.2. The first kappa shape index (κ1) is 21.3.